The summed E-state index contributed by atoms with van der Waals surface area (Å²) < 4.78 is 15.2. The Morgan fingerprint density at radius 1 is 1.03 bits per heavy atom. The van der Waals surface area contributed by atoms with Gasteiger partial charge >= 0.3 is 11.9 Å². The highest BCUT2D eigenvalue weighted by atomic mass is 19.1. The number of carbonyl (C=O) groups is 2. The molecule has 2 aromatic carbocycles. The Bertz CT molecular complexity index is 1180. The van der Waals surface area contributed by atoms with Crippen LogP contribution in [0.2, 0.25) is 0 Å². The molecule has 1 atom stereocenters. The molecule has 2 N–H and O–H groups in total. The number of aromatic nitrogens is 1. The number of aliphatic carboxylic acids is 2. The van der Waals surface area contributed by atoms with E-state index in [0.29, 0.717) is 42.6 Å². The summed E-state index contributed by atoms with van der Waals surface area (Å²) in [5.74, 6) is -2.59. The van der Waals surface area contributed by atoms with Gasteiger partial charge in [-0.2, -0.15) is 0 Å². The van der Waals surface area contributed by atoms with Crippen LogP contribution in [0, 0.1) is 19.7 Å². The predicted octanol–water partition coefficient (Wildman–Crippen LogP) is 3.43. The molecule has 168 valence electrons. The summed E-state index contributed by atoms with van der Waals surface area (Å²) in [6, 6.07) is 9.42. The summed E-state index contributed by atoms with van der Waals surface area (Å²) in [7, 11) is 0. The van der Waals surface area contributed by atoms with Crippen LogP contribution < -0.4 is 4.90 Å². The van der Waals surface area contributed by atoms with Gasteiger partial charge in [0.2, 0.25) is 0 Å². The van der Waals surface area contributed by atoms with Crippen LogP contribution in [0.3, 0.4) is 0 Å². The van der Waals surface area contributed by atoms with Gasteiger partial charge in [0.05, 0.1) is 5.52 Å². The van der Waals surface area contributed by atoms with Gasteiger partial charge in [-0.05, 0) is 43.7 Å². The lowest BCUT2D eigenvalue weighted by molar-refractivity contribution is -0.143. The van der Waals surface area contributed by atoms with Crippen LogP contribution in [0.1, 0.15) is 22.7 Å². The molecule has 4 rings (SSSR count). The highest BCUT2D eigenvalue weighted by molar-refractivity contribution is 5.90. The van der Waals surface area contributed by atoms with E-state index in [9.17, 15) is 24.2 Å². The van der Waals surface area contributed by atoms with Crippen LogP contribution in [0.5, 0.6) is 0 Å². The van der Waals surface area contributed by atoms with Gasteiger partial charge < -0.3 is 19.7 Å². The highest BCUT2D eigenvalue weighted by Gasteiger charge is 2.33. The second-order valence-corrected chi connectivity index (χ2v) is 8.32. The maximum Gasteiger partial charge on any atom is 0.325 e. The van der Waals surface area contributed by atoms with Crippen molar-refractivity contribution >= 4 is 28.5 Å². The number of halogens is 1. The first kappa shape index (κ1) is 21.8. The highest BCUT2D eigenvalue weighted by Crippen LogP contribution is 2.33. The van der Waals surface area contributed by atoms with E-state index in [1.807, 2.05) is 4.90 Å². The van der Waals surface area contributed by atoms with Gasteiger partial charge in [-0.25, -0.2) is 4.39 Å². The fourth-order valence-corrected chi connectivity index (χ4v) is 4.66. The molecule has 1 saturated heterocycles. The average Bonchev–Trinajstić information content (AvgIpc) is 3.05. The minimum Gasteiger partial charge on any atom is -0.480 e. The molecule has 32 heavy (non-hydrogen) atoms. The number of piperazine rings is 1. The van der Waals surface area contributed by atoms with Gasteiger partial charge in [0.15, 0.2) is 0 Å². The van der Waals surface area contributed by atoms with E-state index in [1.165, 1.54) is 40.1 Å². The zero-order chi connectivity index (χ0) is 23.0. The second-order valence-electron chi connectivity index (χ2n) is 8.32. The number of hydrogen-bond acceptors (Lipinski definition) is 4. The maximum atomic E-state index is 13.8. The summed E-state index contributed by atoms with van der Waals surface area (Å²) >= 11 is 0. The van der Waals surface area contributed by atoms with E-state index < -0.39 is 23.8 Å². The molecule has 1 aliphatic heterocycles. The fourth-order valence-electron chi connectivity index (χ4n) is 4.66. The van der Waals surface area contributed by atoms with Crippen LogP contribution >= 0.6 is 0 Å². The van der Waals surface area contributed by atoms with Crippen molar-refractivity contribution in [2.75, 3.05) is 31.1 Å². The third kappa shape index (κ3) is 4.18. The zero-order valence-corrected chi connectivity index (χ0v) is 18.1. The van der Waals surface area contributed by atoms with E-state index >= 15 is 0 Å². The predicted molar refractivity (Wildman–Crippen MR) is 120 cm³/mol. The number of carboxylic acid groups (broad SMARTS) is 2. The minimum atomic E-state index is -1.08. The molecule has 0 radical (unpaired) electrons. The molecular weight excluding hydrogens is 413 g/mol. The quantitative estimate of drug-likeness (QED) is 0.612. The van der Waals surface area contributed by atoms with Gasteiger partial charge in [0.1, 0.15) is 18.4 Å². The molecule has 0 saturated carbocycles. The number of anilines is 1. The number of nitrogens with zero attached hydrogens (tertiary/aromatic N) is 3. The first-order chi connectivity index (χ1) is 15.2. The van der Waals surface area contributed by atoms with Crippen LogP contribution in [0.4, 0.5) is 10.1 Å². The van der Waals surface area contributed by atoms with Crippen molar-refractivity contribution in [2.24, 2.45) is 0 Å². The van der Waals surface area contributed by atoms with Gasteiger partial charge in [0.25, 0.3) is 0 Å². The fraction of sp³-hybridized carbons (Fsp3) is 0.333. The Labute approximate surface area is 185 Å². The van der Waals surface area contributed by atoms with Crippen molar-refractivity contribution in [3.05, 3.63) is 65.1 Å². The molecule has 1 aromatic heterocycles. The molecule has 0 spiro atoms. The number of carboxylic acids is 2. The van der Waals surface area contributed by atoms with E-state index in [1.54, 1.807) is 0 Å². The van der Waals surface area contributed by atoms with Gasteiger partial charge in [0, 0.05) is 49.0 Å². The van der Waals surface area contributed by atoms with Gasteiger partial charge in [-0.1, -0.05) is 17.7 Å². The largest absolute Gasteiger partial charge is 0.480 e. The third-order valence-corrected chi connectivity index (χ3v) is 6.08. The minimum absolute atomic E-state index is 0.368. The number of rotatable bonds is 6. The number of aryl methyl sites for hydroxylation is 2. The summed E-state index contributed by atoms with van der Waals surface area (Å²) in [6.45, 7) is 6.19. The molecule has 3 aromatic rings. The van der Waals surface area contributed by atoms with Gasteiger partial charge in [-0.15, -0.1) is 0 Å². The van der Waals surface area contributed by atoms with Crippen LogP contribution in [0.15, 0.2) is 42.6 Å². The lowest BCUT2D eigenvalue weighted by atomic mass is 10.0. The van der Waals surface area contributed by atoms with E-state index in [2.05, 4.69) is 36.9 Å². The zero-order valence-electron chi connectivity index (χ0n) is 18.1. The first-order valence-electron chi connectivity index (χ1n) is 10.5. The third-order valence-electron chi connectivity index (χ3n) is 6.08. The van der Waals surface area contributed by atoms with Crippen LogP contribution in [0.25, 0.3) is 10.9 Å². The van der Waals surface area contributed by atoms with Crippen molar-refractivity contribution in [2.45, 2.75) is 26.4 Å². The summed E-state index contributed by atoms with van der Waals surface area (Å²) in [5.41, 5.74) is 4.39. The SMILES string of the molecule is Cc1ccc(N2CCN([C@H](C(=O)O)c3cn(CC(=O)O)c4cc(F)ccc34)CC2)c(C)c1. The number of benzene rings is 2. The Hall–Kier alpha value is -3.39. The van der Waals surface area contributed by atoms with Crippen LogP contribution in [-0.4, -0.2) is 57.8 Å². The molecular formula is C24H26FN3O4. The normalized spacial score (nSPS) is 15.8. The summed E-state index contributed by atoms with van der Waals surface area (Å²) in [5, 5.41) is 19.9. The van der Waals surface area contributed by atoms with Crippen molar-refractivity contribution < 1.29 is 24.2 Å². The Balaban J connectivity index is 1.63. The van der Waals surface area contributed by atoms with E-state index in [4.69, 9.17) is 0 Å². The topological polar surface area (TPSA) is 86.0 Å². The lowest BCUT2D eigenvalue weighted by Gasteiger charge is -2.39. The molecule has 0 bridgehead atoms. The van der Waals surface area contributed by atoms with Crippen molar-refractivity contribution in [3.8, 4) is 0 Å². The molecule has 2 heterocycles. The molecule has 0 amide bonds. The standard InChI is InChI=1S/C24H26FN3O4/c1-15-3-6-20(16(2)11-15)26-7-9-27(10-8-26)23(24(31)32)19-13-28(14-22(29)30)21-12-17(25)4-5-18(19)21/h3-6,11-13,23H,7-10,14H2,1-2H3,(H,29,30)(H,31,32)/t23-/m0/s1. The smallest absolute Gasteiger partial charge is 0.325 e. The number of fused-ring (bicyclic) bond motifs is 1. The molecule has 0 aliphatic carbocycles. The van der Waals surface area contributed by atoms with Crippen LogP contribution in [-0.2, 0) is 16.1 Å². The summed E-state index contributed by atoms with van der Waals surface area (Å²) in [6.07, 6.45) is 1.54. The Morgan fingerprint density at radius 3 is 2.38 bits per heavy atom. The van der Waals surface area contributed by atoms with Crippen molar-refractivity contribution in [1.29, 1.82) is 0 Å². The molecule has 1 aliphatic rings. The molecule has 7 nitrogen and oxygen atoms in total. The Kier molecular flexibility index (Phi) is 5.88. The van der Waals surface area contributed by atoms with Crippen molar-refractivity contribution in [3.63, 3.8) is 0 Å². The molecule has 0 unspecified atom stereocenters. The maximum absolute atomic E-state index is 13.8. The average molecular weight is 439 g/mol. The van der Waals surface area contributed by atoms with Gasteiger partial charge in [-0.3, -0.25) is 14.5 Å². The number of hydrogen-bond donors (Lipinski definition) is 2. The summed E-state index contributed by atoms with van der Waals surface area (Å²) in [4.78, 5) is 27.8. The Morgan fingerprint density at radius 2 is 1.75 bits per heavy atom. The van der Waals surface area contributed by atoms with E-state index in [-0.39, 0.29) is 6.54 Å². The monoisotopic (exact) mass is 439 g/mol. The molecule has 1 fully saturated rings. The van der Waals surface area contributed by atoms with Crippen molar-refractivity contribution in [1.82, 2.24) is 9.47 Å². The molecule has 8 heteroatoms. The van der Waals surface area contributed by atoms with E-state index in [0.717, 1.165) is 5.69 Å². The second kappa shape index (κ2) is 8.63. The lowest BCUT2D eigenvalue weighted by Crippen LogP contribution is -2.49. The first-order valence-corrected chi connectivity index (χ1v) is 10.5.